The summed E-state index contributed by atoms with van der Waals surface area (Å²) in [4.78, 5) is 25.1. The van der Waals surface area contributed by atoms with Crippen LogP contribution in [0.15, 0.2) is 66.7 Å². The second kappa shape index (κ2) is 9.46. The SMILES string of the molecule is N#CCc1cccc(-c2nc3ccc(C(=O)N4CCN(Cc5ccccc5F)CC4)cc3[nH]2)c1. The van der Waals surface area contributed by atoms with Crippen LogP contribution < -0.4 is 0 Å². The Labute approximate surface area is 197 Å². The van der Waals surface area contributed by atoms with Crippen LogP contribution in [0.25, 0.3) is 22.4 Å². The number of benzene rings is 3. The fourth-order valence-electron chi connectivity index (χ4n) is 4.36. The van der Waals surface area contributed by atoms with Crippen LogP contribution in [0.5, 0.6) is 0 Å². The Balaban J connectivity index is 1.27. The van der Waals surface area contributed by atoms with E-state index >= 15 is 0 Å². The molecule has 1 amide bonds. The monoisotopic (exact) mass is 453 g/mol. The Hall–Kier alpha value is -4.02. The van der Waals surface area contributed by atoms with Crippen molar-refractivity contribution in [2.45, 2.75) is 13.0 Å². The summed E-state index contributed by atoms with van der Waals surface area (Å²) in [5.41, 5.74) is 4.72. The highest BCUT2D eigenvalue weighted by atomic mass is 19.1. The second-order valence-electron chi connectivity index (χ2n) is 8.51. The van der Waals surface area contributed by atoms with Crippen molar-refractivity contribution in [2.75, 3.05) is 26.2 Å². The van der Waals surface area contributed by atoms with Crippen molar-refractivity contribution in [2.24, 2.45) is 0 Å². The topological polar surface area (TPSA) is 76.0 Å². The average Bonchev–Trinajstić information content (AvgIpc) is 3.29. The van der Waals surface area contributed by atoms with Crippen molar-refractivity contribution in [3.05, 3.63) is 89.2 Å². The molecule has 7 heteroatoms. The molecule has 3 aromatic carbocycles. The Morgan fingerprint density at radius 3 is 2.65 bits per heavy atom. The van der Waals surface area contributed by atoms with Crippen LogP contribution in [0.1, 0.15) is 21.5 Å². The van der Waals surface area contributed by atoms with Gasteiger partial charge >= 0.3 is 0 Å². The third-order valence-corrected chi connectivity index (χ3v) is 6.22. The molecule has 0 atom stereocenters. The first-order chi connectivity index (χ1) is 16.6. The molecule has 0 saturated carbocycles. The minimum Gasteiger partial charge on any atom is -0.338 e. The van der Waals surface area contributed by atoms with E-state index in [-0.39, 0.29) is 11.7 Å². The molecule has 0 spiro atoms. The molecule has 1 aromatic heterocycles. The van der Waals surface area contributed by atoms with Gasteiger partial charge in [-0.1, -0.05) is 36.4 Å². The zero-order chi connectivity index (χ0) is 23.5. The third kappa shape index (κ3) is 4.54. The molecule has 0 unspecified atom stereocenters. The Morgan fingerprint density at radius 1 is 1.03 bits per heavy atom. The number of halogens is 1. The summed E-state index contributed by atoms with van der Waals surface area (Å²) in [5.74, 6) is 0.505. The lowest BCUT2D eigenvalue weighted by molar-refractivity contribution is 0.0627. The van der Waals surface area contributed by atoms with Gasteiger partial charge in [0.1, 0.15) is 11.6 Å². The lowest BCUT2D eigenvalue weighted by Gasteiger charge is -2.34. The van der Waals surface area contributed by atoms with E-state index in [0.29, 0.717) is 56.1 Å². The lowest BCUT2D eigenvalue weighted by atomic mass is 10.1. The number of carbonyl (C=O) groups is 1. The Bertz CT molecular complexity index is 1380. The minimum atomic E-state index is -0.190. The van der Waals surface area contributed by atoms with Gasteiger partial charge in [0.2, 0.25) is 0 Å². The highest BCUT2D eigenvalue weighted by molar-refractivity contribution is 5.97. The van der Waals surface area contributed by atoms with Crippen LogP contribution in [0.3, 0.4) is 0 Å². The number of piperazine rings is 1. The van der Waals surface area contributed by atoms with Crippen LogP contribution in [0, 0.1) is 17.1 Å². The summed E-state index contributed by atoms with van der Waals surface area (Å²) < 4.78 is 14.0. The van der Waals surface area contributed by atoms with Crippen molar-refractivity contribution in [3.8, 4) is 17.5 Å². The summed E-state index contributed by atoms with van der Waals surface area (Å²) in [5, 5.41) is 8.95. The molecule has 0 radical (unpaired) electrons. The van der Waals surface area contributed by atoms with Gasteiger partial charge in [0.05, 0.1) is 23.5 Å². The standard InChI is InChI=1S/C27H24FN5O/c28-23-7-2-1-5-22(23)18-32-12-14-33(15-13-32)27(34)21-8-9-24-25(17-21)31-26(30-24)20-6-3-4-19(16-20)10-11-29/h1-9,16-17H,10,12-15,18H2,(H,30,31). The van der Waals surface area contributed by atoms with Crippen LogP contribution in [0.2, 0.25) is 0 Å². The number of nitriles is 1. The number of carbonyl (C=O) groups excluding carboxylic acids is 1. The number of nitrogens with one attached hydrogen (secondary N) is 1. The van der Waals surface area contributed by atoms with E-state index in [2.05, 4.69) is 20.9 Å². The molecule has 1 saturated heterocycles. The van der Waals surface area contributed by atoms with E-state index in [1.165, 1.54) is 6.07 Å². The van der Waals surface area contributed by atoms with Crippen LogP contribution in [-0.2, 0) is 13.0 Å². The molecular weight excluding hydrogens is 429 g/mol. The third-order valence-electron chi connectivity index (χ3n) is 6.22. The maximum Gasteiger partial charge on any atom is 0.254 e. The molecular formula is C27H24FN5O. The van der Waals surface area contributed by atoms with Crippen LogP contribution in [0.4, 0.5) is 4.39 Å². The summed E-state index contributed by atoms with van der Waals surface area (Å²) in [6.07, 6.45) is 0.347. The number of imidazole rings is 1. The van der Waals surface area contributed by atoms with E-state index in [1.54, 1.807) is 12.1 Å². The molecule has 0 bridgehead atoms. The van der Waals surface area contributed by atoms with Crippen molar-refractivity contribution in [1.82, 2.24) is 19.8 Å². The quantitative estimate of drug-likeness (QED) is 0.486. The largest absolute Gasteiger partial charge is 0.338 e. The van der Waals surface area contributed by atoms with Gasteiger partial charge in [-0.05, 0) is 35.9 Å². The zero-order valence-electron chi connectivity index (χ0n) is 18.7. The maximum absolute atomic E-state index is 14.0. The van der Waals surface area contributed by atoms with Crippen LogP contribution >= 0.6 is 0 Å². The minimum absolute atomic E-state index is 0.0143. The Morgan fingerprint density at radius 2 is 1.85 bits per heavy atom. The summed E-state index contributed by atoms with van der Waals surface area (Å²) in [6.45, 7) is 3.16. The zero-order valence-corrected chi connectivity index (χ0v) is 18.7. The molecule has 0 aliphatic carbocycles. The highest BCUT2D eigenvalue weighted by Crippen LogP contribution is 2.23. The molecule has 5 rings (SSSR count). The van der Waals surface area contributed by atoms with Gasteiger partial charge in [-0.25, -0.2) is 9.37 Å². The number of fused-ring (bicyclic) bond motifs is 1. The van der Waals surface area contributed by atoms with Crippen molar-refractivity contribution >= 4 is 16.9 Å². The predicted molar refractivity (Wildman–Crippen MR) is 128 cm³/mol. The van der Waals surface area contributed by atoms with Crippen molar-refractivity contribution < 1.29 is 9.18 Å². The maximum atomic E-state index is 14.0. The molecule has 1 aliphatic heterocycles. The number of aromatic nitrogens is 2. The number of rotatable bonds is 5. The smallest absolute Gasteiger partial charge is 0.254 e. The van der Waals surface area contributed by atoms with Gasteiger partial charge in [0.15, 0.2) is 0 Å². The van der Waals surface area contributed by atoms with Crippen molar-refractivity contribution in [1.29, 1.82) is 5.26 Å². The normalized spacial score (nSPS) is 14.3. The van der Waals surface area contributed by atoms with E-state index in [1.807, 2.05) is 53.4 Å². The average molecular weight is 454 g/mol. The van der Waals surface area contributed by atoms with Gasteiger partial charge < -0.3 is 9.88 Å². The van der Waals surface area contributed by atoms with E-state index < -0.39 is 0 Å². The van der Waals surface area contributed by atoms with E-state index in [4.69, 9.17) is 5.26 Å². The van der Waals surface area contributed by atoms with Gasteiger partial charge in [-0.15, -0.1) is 0 Å². The summed E-state index contributed by atoms with van der Waals surface area (Å²) in [6, 6.07) is 22.2. The molecule has 170 valence electrons. The van der Waals surface area contributed by atoms with E-state index in [9.17, 15) is 9.18 Å². The van der Waals surface area contributed by atoms with Gasteiger partial charge in [0, 0.05) is 49.4 Å². The van der Waals surface area contributed by atoms with Gasteiger partial charge in [0.25, 0.3) is 5.91 Å². The molecule has 6 nitrogen and oxygen atoms in total. The number of hydrogen-bond acceptors (Lipinski definition) is 4. The summed E-state index contributed by atoms with van der Waals surface area (Å²) in [7, 11) is 0. The van der Waals surface area contributed by atoms with Gasteiger partial charge in [-0.2, -0.15) is 5.26 Å². The van der Waals surface area contributed by atoms with Crippen molar-refractivity contribution in [3.63, 3.8) is 0 Å². The molecule has 4 aromatic rings. The Kier molecular flexibility index (Phi) is 6.07. The molecule has 1 fully saturated rings. The number of hydrogen-bond donors (Lipinski definition) is 1. The lowest BCUT2D eigenvalue weighted by Crippen LogP contribution is -2.48. The number of H-pyrrole nitrogens is 1. The number of nitrogens with zero attached hydrogens (tertiary/aromatic N) is 4. The first kappa shape index (κ1) is 21.8. The molecule has 1 aliphatic rings. The predicted octanol–water partition coefficient (Wildman–Crippen LogP) is 4.39. The number of amides is 1. The van der Waals surface area contributed by atoms with E-state index in [0.717, 1.165) is 22.2 Å². The fourth-order valence-corrected chi connectivity index (χ4v) is 4.36. The second-order valence-corrected chi connectivity index (χ2v) is 8.51. The highest BCUT2D eigenvalue weighted by Gasteiger charge is 2.23. The molecule has 2 heterocycles. The number of aromatic amines is 1. The first-order valence-corrected chi connectivity index (χ1v) is 11.3. The molecule has 34 heavy (non-hydrogen) atoms. The fraction of sp³-hybridized carbons (Fsp3) is 0.222. The summed E-state index contributed by atoms with van der Waals surface area (Å²) >= 11 is 0. The van der Waals surface area contributed by atoms with Gasteiger partial charge in [-0.3, -0.25) is 9.69 Å². The van der Waals surface area contributed by atoms with Crippen LogP contribution in [-0.4, -0.2) is 51.9 Å². The first-order valence-electron chi connectivity index (χ1n) is 11.3. The molecule has 1 N–H and O–H groups in total.